The number of nitro benzene ring substituents is 1. The highest BCUT2D eigenvalue weighted by Gasteiger charge is 2.21. The van der Waals surface area contributed by atoms with E-state index in [1.54, 1.807) is 17.5 Å². The van der Waals surface area contributed by atoms with Gasteiger partial charge in [-0.2, -0.15) is 10.5 Å². The van der Waals surface area contributed by atoms with Gasteiger partial charge in [0.1, 0.15) is 28.5 Å². The van der Waals surface area contributed by atoms with E-state index >= 15 is 0 Å². The maximum absolute atomic E-state index is 12.6. The number of rotatable bonds is 9. The van der Waals surface area contributed by atoms with Crippen molar-refractivity contribution in [2.24, 2.45) is 0 Å². The highest BCUT2D eigenvalue weighted by Crippen LogP contribution is 2.36. The van der Waals surface area contributed by atoms with Gasteiger partial charge in [-0.15, -0.1) is 23.1 Å². The molecule has 2 aromatic carbocycles. The summed E-state index contributed by atoms with van der Waals surface area (Å²) in [7, 11) is 0. The van der Waals surface area contributed by atoms with E-state index in [9.17, 15) is 25.4 Å². The lowest BCUT2D eigenvalue weighted by Crippen LogP contribution is -2.12. The van der Waals surface area contributed by atoms with Gasteiger partial charge in [-0.1, -0.05) is 50.2 Å². The number of carbonyl (C=O) groups is 1. The molecule has 3 N–H and O–H groups in total. The van der Waals surface area contributed by atoms with E-state index in [0.29, 0.717) is 44.2 Å². The van der Waals surface area contributed by atoms with Crippen LogP contribution in [-0.2, 0) is 4.79 Å². The first-order chi connectivity index (χ1) is 19.2. The third-order valence-corrected chi connectivity index (χ3v) is 7.69. The summed E-state index contributed by atoms with van der Waals surface area (Å²) in [5.74, 6) is 0.355. The smallest absolute Gasteiger partial charge is 0.270 e. The molecular formula is C28H23N7O3S2. The summed E-state index contributed by atoms with van der Waals surface area (Å²) in [4.78, 5) is 31.8. The molecule has 0 aliphatic carbocycles. The summed E-state index contributed by atoms with van der Waals surface area (Å²) in [5.41, 5.74) is 9.76. The van der Waals surface area contributed by atoms with Crippen LogP contribution >= 0.6 is 23.1 Å². The van der Waals surface area contributed by atoms with Crippen molar-refractivity contribution >= 4 is 45.6 Å². The zero-order valence-corrected chi connectivity index (χ0v) is 23.2. The molecule has 1 amide bonds. The molecule has 40 heavy (non-hydrogen) atoms. The summed E-state index contributed by atoms with van der Waals surface area (Å²) in [6.07, 6.45) is 0.0985. The number of nitrogens with two attached hydrogens (primary N) is 1. The minimum atomic E-state index is -0.476. The second kappa shape index (κ2) is 12.4. The molecule has 0 spiro atoms. The normalized spacial score (nSPS) is 10.6. The molecule has 10 nitrogen and oxygen atoms in total. The molecule has 0 bridgehead atoms. The Kier molecular flexibility index (Phi) is 8.74. The van der Waals surface area contributed by atoms with E-state index in [2.05, 4.69) is 41.3 Å². The average molecular weight is 570 g/mol. The quantitative estimate of drug-likeness (QED) is 0.132. The molecule has 0 aliphatic heterocycles. The second-order valence-corrected chi connectivity index (χ2v) is 10.9. The molecule has 12 heteroatoms. The minimum Gasteiger partial charge on any atom is -0.383 e. The van der Waals surface area contributed by atoms with E-state index in [4.69, 9.17) is 5.73 Å². The number of nitrogens with one attached hydrogen (secondary N) is 1. The van der Waals surface area contributed by atoms with E-state index in [0.717, 1.165) is 5.56 Å². The van der Waals surface area contributed by atoms with Crippen LogP contribution in [0.5, 0.6) is 0 Å². The number of carbonyl (C=O) groups excluding carboxylic acids is 1. The van der Waals surface area contributed by atoms with Crippen LogP contribution in [0.15, 0.2) is 58.9 Å². The van der Waals surface area contributed by atoms with Crippen LogP contribution in [0.3, 0.4) is 0 Å². The third-order valence-electron chi connectivity index (χ3n) is 5.95. The Morgan fingerprint density at radius 1 is 1.12 bits per heavy atom. The molecule has 0 aliphatic rings. The van der Waals surface area contributed by atoms with Crippen molar-refractivity contribution in [2.45, 2.75) is 31.2 Å². The average Bonchev–Trinajstić information content (AvgIpc) is 3.41. The van der Waals surface area contributed by atoms with Gasteiger partial charge in [0.15, 0.2) is 5.13 Å². The first-order valence-electron chi connectivity index (χ1n) is 12.1. The first-order valence-corrected chi connectivity index (χ1v) is 13.9. The van der Waals surface area contributed by atoms with Crippen LogP contribution in [0.1, 0.15) is 42.9 Å². The van der Waals surface area contributed by atoms with Gasteiger partial charge in [0.25, 0.3) is 5.69 Å². The molecule has 2 heterocycles. The van der Waals surface area contributed by atoms with Crippen LogP contribution in [0.4, 0.5) is 16.6 Å². The predicted octanol–water partition coefficient (Wildman–Crippen LogP) is 6.35. The Hall–Kier alpha value is -4.78. The summed E-state index contributed by atoms with van der Waals surface area (Å²) in [6.45, 7) is 4.16. The molecule has 0 saturated carbocycles. The number of thiazole rings is 1. The van der Waals surface area contributed by atoms with Gasteiger partial charge in [0.05, 0.1) is 16.2 Å². The monoisotopic (exact) mass is 569 g/mol. The zero-order chi connectivity index (χ0) is 28.8. The van der Waals surface area contributed by atoms with Gasteiger partial charge in [-0.05, 0) is 17.0 Å². The van der Waals surface area contributed by atoms with Crippen molar-refractivity contribution in [1.82, 2.24) is 9.97 Å². The molecule has 0 unspecified atom stereocenters. The maximum Gasteiger partial charge on any atom is 0.270 e. The topological polar surface area (TPSA) is 172 Å². The number of pyridine rings is 1. The Morgan fingerprint density at radius 3 is 2.50 bits per heavy atom. The van der Waals surface area contributed by atoms with Crippen molar-refractivity contribution in [3.05, 3.63) is 80.7 Å². The summed E-state index contributed by atoms with van der Waals surface area (Å²) >= 11 is 2.41. The third kappa shape index (κ3) is 6.26. The summed E-state index contributed by atoms with van der Waals surface area (Å²) in [5, 5.41) is 35.9. The minimum absolute atomic E-state index is 0.0212. The SMILES string of the molecule is CC(C)c1ccc(-c2c(C#N)c(N)nc(SCCC(=O)Nc3nc(-c4cccc([N+](=O)[O-])c4)cs3)c2C#N)cc1. The number of thioether (sulfide) groups is 1. The molecule has 4 aromatic rings. The first kappa shape index (κ1) is 28.2. The van der Waals surface area contributed by atoms with Crippen molar-refractivity contribution in [2.75, 3.05) is 16.8 Å². The number of amides is 1. The van der Waals surface area contributed by atoms with Gasteiger partial charge in [0.2, 0.25) is 5.91 Å². The molecule has 200 valence electrons. The lowest BCUT2D eigenvalue weighted by molar-refractivity contribution is -0.384. The number of nitro groups is 1. The molecule has 0 atom stereocenters. The summed E-state index contributed by atoms with van der Waals surface area (Å²) < 4.78 is 0. The summed E-state index contributed by atoms with van der Waals surface area (Å²) in [6, 6.07) is 18.0. The number of non-ortho nitro benzene ring substituents is 1. The van der Waals surface area contributed by atoms with Gasteiger partial charge < -0.3 is 11.1 Å². The number of hydrogen-bond donors (Lipinski definition) is 2. The van der Waals surface area contributed by atoms with Crippen LogP contribution in [0, 0.1) is 32.8 Å². The van der Waals surface area contributed by atoms with Gasteiger partial charge in [0, 0.05) is 40.8 Å². The van der Waals surface area contributed by atoms with Gasteiger partial charge in [-0.3, -0.25) is 14.9 Å². The Labute approximate surface area is 238 Å². The fraction of sp³-hybridized carbons (Fsp3) is 0.179. The lowest BCUT2D eigenvalue weighted by Gasteiger charge is -2.14. The highest BCUT2D eigenvalue weighted by molar-refractivity contribution is 7.99. The number of nitriles is 2. The number of hydrogen-bond acceptors (Lipinski definition) is 10. The predicted molar refractivity (Wildman–Crippen MR) is 156 cm³/mol. The zero-order valence-electron chi connectivity index (χ0n) is 21.5. The number of nitrogen functional groups attached to an aromatic ring is 1. The molecule has 2 aromatic heterocycles. The number of benzene rings is 2. The number of aromatic nitrogens is 2. The fourth-order valence-corrected chi connectivity index (χ4v) is 5.56. The van der Waals surface area contributed by atoms with Gasteiger partial charge >= 0.3 is 0 Å². The standard InChI is InChI=1S/C28H23N7O3S2/c1-16(2)17-6-8-18(9-7-17)25-21(13-29)26(31)34-27(22(25)14-30)39-11-10-24(36)33-28-32-23(15-40-28)19-4-3-5-20(12-19)35(37)38/h3-9,12,15-16H,10-11H2,1-2H3,(H2,31,34)(H,32,33,36). The molecule has 0 saturated heterocycles. The van der Waals surface area contributed by atoms with E-state index in [1.165, 1.54) is 35.2 Å². The number of anilines is 2. The molecular weight excluding hydrogens is 546 g/mol. The van der Waals surface area contributed by atoms with Crippen LogP contribution in [-0.4, -0.2) is 26.6 Å². The Morgan fingerprint density at radius 2 is 1.85 bits per heavy atom. The molecule has 0 radical (unpaired) electrons. The second-order valence-electron chi connectivity index (χ2n) is 8.92. The van der Waals surface area contributed by atoms with Crippen molar-refractivity contribution < 1.29 is 9.72 Å². The Balaban J connectivity index is 1.46. The van der Waals surface area contributed by atoms with E-state index in [1.807, 2.05) is 24.3 Å². The van der Waals surface area contributed by atoms with Crippen molar-refractivity contribution in [3.63, 3.8) is 0 Å². The lowest BCUT2D eigenvalue weighted by atomic mass is 9.94. The fourth-order valence-electron chi connectivity index (χ4n) is 3.89. The van der Waals surface area contributed by atoms with Crippen LogP contribution < -0.4 is 11.1 Å². The van der Waals surface area contributed by atoms with Crippen LogP contribution in [0.2, 0.25) is 0 Å². The van der Waals surface area contributed by atoms with Crippen LogP contribution in [0.25, 0.3) is 22.4 Å². The maximum atomic E-state index is 12.6. The Bertz CT molecular complexity index is 1670. The largest absolute Gasteiger partial charge is 0.383 e. The van der Waals surface area contributed by atoms with E-state index < -0.39 is 4.92 Å². The number of nitrogens with zero attached hydrogens (tertiary/aromatic N) is 5. The molecule has 0 fully saturated rings. The van der Waals surface area contributed by atoms with Gasteiger partial charge in [-0.25, -0.2) is 9.97 Å². The molecule has 4 rings (SSSR count). The highest BCUT2D eigenvalue weighted by atomic mass is 32.2. The van der Waals surface area contributed by atoms with Crippen molar-refractivity contribution in [3.8, 4) is 34.5 Å². The van der Waals surface area contributed by atoms with Crippen molar-refractivity contribution in [1.29, 1.82) is 10.5 Å². The van der Waals surface area contributed by atoms with E-state index in [-0.39, 0.29) is 35.0 Å².